The predicted molar refractivity (Wildman–Crippen MR) is 155 cm³/mol. The number of benzene rings is 3. The first-order chi connectivity index (χ1) is 18.2. The quantitative estimate of drug-likeness (QED) is 0.250. The molecule has 5 rings (SSSR count). The predicted octanol–water partition coefficient (Wildman–Crippen LogP) is 7.29. The molecule has 0 atom stereocenters. The van der Waals surface area contributed by atoms with Crippen molar-refractivity contribution >= 4 is 74.7 Å². The smallest absolute Gasteiger partial charge is 0.294 e. The molecule has 0 spiro atoms. The number of para-hydroxylation sites is 2. The molecule has 0 radical (unpaired) electrons. The van der Waals surface area contributed by atoms with Crippen molar-refractivity contribution in [2.75, 3.05) is 11.9 Å². The van der Waals surface area contributed by atoms with E-state index in [0.717, 1.165) is 49.8 Å². The zero-order valence-corrected chi connectivity index (χ0v) is 23.0. The van der Waals surface area contributed by atoms with E-state index in [-0.39, 0.29) is 11.4 Å². The summed E-state index contributed by atoms with van der Waals surface area (Å²) in [5, 5.41) is 4.42. The molecule has 1 aliphatic heterocycles. The van der Waals surface area contributed by atoms with Crippen molar-refractivity contribution in [3.05, 3.63) is 104 Å². The Morgan fingerprint density at radius 3 is 2.47 bits per heavy atom. The highest BCUT2D eigenvalue weighted by molar-refractivity contribution is 8.18. The van der Waals surface area contributed by atoms with Crippen molar-refractivity contribution in [3.8, 4) is 0 Å². The molecule has 3 amide bonds. The number of rotatable bonds is 6. The van der Waals surface area contributed by atoms with Crippen LogP contribution in [0.3, 0.4) is 0 Å². The average Bonchev–Trinajstić information content (AvgIpc) is 3.35. The summed E-state index contributed by atoms with van der Waals surface area (Å²) in [5.41, 5.74) is 5.15. The van der Waals surface area contributed by atoms with Crippen LogP contribution in [0.5, 0.6) is 0 Å². The number of thioether (sulfide) groups is 1. The van der Waals surface area contributed by atoms with Crippen molar-refractivity contribution in [1.29, 1.82) is 0 Å². The van der Waals surface area contributed by atoms with E-state index in [1.54, 1.807) is 18.2 Å². The standard InChI is InChI=1S/C29H23Cl2N3O3S/c1-17-6-5-7-18(2)27(17)32-26(35)16-34-28(36)25(38-29(34)37)12-20-15-33(24-9-4-3-8-22(20)24)14-19-10-11-21(30)13-23(19)31/h3-13,15H,14,16H2,1-2H3,(H,32,35)/b25-12+. The van der Waals surface area contributed by atoms with Crippen molar-refractivity contribution in [2.45, 2.75) is 20.4 Å². The first kappa shape index (κ1) is 26.1. The van der Waals surface area contributed by atoms with Gasteiger partial charge in [-0.05, 0) is 66.6 Å². The van der Waals surface area contributed by atoms with E-state index in [1.807, 2.05) is 73.1 Å². The second kappa shape index (κ2) is 10.7. The van der Waals surface area contributed by atoms with Crippen LogP contribution in [-0.4, -0.2) is 33.1 Å². The maximum absolute atomic E-state index is 13.2. The summed E-state index contributed by atoms with van der Waals surface area (Å²) in [6.45, 7) is 3.93. The molecular weight excluding hydrogens is 541 g/mol. The number of nitrogens with zero attached hydrogens (tertiary/aromatic N) is 2. The van der Waals surface area contributed by atoms with Gasteiger partial charge in [-0.2, -0.15) is 0 Å². The van der Waals surface area contributed by atoms with E-state index in [0.29, 0.717) is 22.3 Å². The molecule has 1 aliphatic rings. The van der Waals surface area contributed by atoms with Gasteiger partial charge in [0, 0.05) is 44.9 Å². The second-order valence-electron chi connectivity index (χ2n) is 9.05. The topological polar surface area (TPSA) is 71.4 Å². The van der Waals surface area contributed by atoms with Crippen molar-refractivity contribution in [2.24, 2.45) is 0 Å². The van der Waals surface area contributed by atoms with Crippen LogP contribution in [0.15, 0.2) is 71.8 Å². The van der Waals surface area contributed by atoms with Crippen LogP contribution in [0, 0.1) is 13.8 Å². The van der Waals surface area contributed by atoms with Crippen LogP contribution < -0.4 is 5.32 Å². The van der Waals surface area contributed by atoms with Gasteiger partial charge in [-0.3, -0.25) is 19.3 Å². The minimum absolute atomic E-state index is 0.266. The number of aryl methyl sites for hydroxylation is 2. The fraction of sp³-hybridized carbons (Fsp3) is 0.138. The lowest BCUT2D eigenvalue weighted by molar-refractivity contribution is -0.127. The summed E-state index contributed by atoms with van der Waals surface area (Å²) >= 11 is 13.3. The van der Waals surface area contributed by atoms with Gasteiger partial charge in [0.05, 0.1) is 4.91 Å². The number of aromatic nitrogens is 1. The van der Waals surface area contributed by atoms with Gasteiger partial charge in [0.1, 0.15) is 6.54 Å². The molecule has 1 fully saturated rings. The maximum Gasteiger partial charge on any atom is 0.294 e. The van der Waals surface area contributed by atoms with Crippen LogP contribution in [0.1, 0.15) is 22.3 Å². The molecule has 3 aromatic carbocycles. The van der Waals surface area contributed by atoms with Gasteiger partial charge in [-0.15, -0.1) is 0 Å². The van der Waals surface area contributed by atoms with Gasteiger partial charge in [0.15, 0.2) is 0 Å². The monoisotopic (exact) mass is 563 g/mol. The van der Waals surface area contributed by atoms with E-state index >= 15 is 0 Å². The zero-order valence-electron chi connectivity index (χ0n) is 20.6. The highest BCUT2D eigenvalue weighted by atomic mass is 35.5. The Morgan fingerprint density at radius 2 is 1.74 bits per heavy atom. The van der Waals surface area contributed by atoms with Gasteiger partial charge in [0.25, 0.3) is 11.1 Å². The third kappa shape index (κ3) is 5.23. The van der Waals surface area contributed by atoms with E-state index < -0.39 is 17.1 Å². The van der Waals surface area contributed by atoms with Gasteiger partial charge in [-0.25, -0.2) is 0 Å². The third-order valence-corrected chi connectivity index (χ3v) is 7.88. The maximum atomic E-state index is 13.2. The number of nitrogens with one attached hydrogen (secondary N) is 1. The Hall–Kier alpha value is -3.52. The Balaban J connectivity index is 1.39. The van der Waals surface area contributed by atoms with Crippen LogP contribution in [0.25, 0.3) is 17.0 Å². The summed E-state index contributed by atoms with van der Waals surface area (Å²) < 4.78 is 2.04. The van der Waals surface area contributed by atoms with E-state index in [2.05, 4.69) is 5.32 Å². The molecule has 38 heavy (non-hydrogen) atoms. The summed E-state index contributed by atoms with van der Waals surface area (Å²) in [5.74, 6) is -0.920. The summed E-state index contributed by atoms with van der Waals surface area (Å²) in [6, 6.07) is 18.9. The first-order valence-corrected chi connectivity index (χ1v) is 13.4. The molecule has 1 aromatic heterocycles. The average molecular weight is 564 g/mol. The Bertz CT molecular complexity index is 1620. The van der Waals surface area contributed by atoms with Gasteiger partial charge < -0.3 is 9.88 Å². The van der Waals surface area contributed by atoms with Crippen LogP contribution in [0.2, 0.25) is 10.0 Å². The highest BCUT2D eigenvalue weighted by Crippen LogP contribution is 2.35. The summed E-state index contributed by atoms with van der Waals surface area (Å²) in [6.07, 6.45) is 3.63. The van der Waals surface area contributed by atoms with Crippen LogP contribution in [0.4, 0.5) is 10.5 Å². The molecule has 0 aliphatic carbocycles. The molecule has 0 saturated carbocycles. The number of halogens is 2. The second-order valence-corrected chi connectivity index (χ2v) is 10.9. The number of fused-ring (bicyclic) bond motifs is 1. The lowest BCUT2D eigenvalue weighted by atomic mass is 10.1. The summed E-state index contributed by atoms with van der Waals surface area (Å²) in [4.78, 5) is 39.8. The SMILES string of the molecule is Cc1cccc(C)c1NC(=O)CN1C(=O)S/C(=C/c2cn(Cc3ccc(Cl)cc3Cl)c3ccccc23)C1=O. The number of hydrogen-bond donors (Lipinski definition) is 1. The van der Waals surface area contributed by atoms with Gasteiger partial charge in [-0.1, -0.05) is 65.7 Å². The molecule has 1 saturated heterocycles. The lowest BCUT2D eigenvalue weighted by Crippen LogP contribution is -2.36. The zero-order chi connectivity index (χ0) is 27.0. The fourth-order valence-corrected chi connectivity index (χ4v) is 5.76. The van der Waals surface area contributed by atoms with E-state index in [9.17, 15) is 14.4 Å². The molecule has 0 bridgehead atoms. The third-order valence-electron chi connectivity index (χ3n) is 6.38. The molecule has 192 valence electrons. The van der Waals surface area contributed by atoms with Crippen LogP contribution in [-0.2, 0) is 16.1 Å². The minimum atomic E-state index is -0.491. The largest absolute Gasteiger partial charge is 0.342 e. The van der Waals surface area contributed by atoms with Gasteiger partial charge >= 0.3 is 0 Å². The highest BCUT2D eigenvalue weighted by Gasteiger charge is 2.36. The number of carbonyl (C=O) groups is 3. The fourth-order valence-electron chi connectivity index (χ4n) is 4.47. The molecule has 9 heteroatoms. The van der Waals surface area contributed by atoms with Crippen molar-refractivity contribution in [3.63, 3.8) is 0 Å². The molecule has 4 aromatic rings. The molecule has 0 unspecified atom stereocenters. The van der Waals surface area contributed by atoms with E-state index in [1.165, 1.54) is 0 Å². The first-order valence-electron chi connectivity index (χ1n) is 11.8. The molecule has 2 heterocycles. The van der Waals surface area contributed by atoms with Gasteiger partial charge in [0.2, 0.25) is 5.91 Å². The number of carbonyl (C=O) groups excluding carboxylic acids is 3. The number of anilines is 1. The van der Waals surface area contributed by atoms with Crippen molar-refractivity contribution < 1.29 is 14.4 Å². The molecular formula is C29H23Cl2N3O3S. The number of hydrogen-bond acceptors (Lipinski definition) is 4. The van der Waals surface area contributed by atoms with Crippen molar-refractivity contribution in [1.82, 2.24) is 9.47 Å². The van der Waals surface area contributed by atoms with Crippen LogP contribution >= 0.6 is 35.0 Å². The lowest BCUT2D eigenvalue weighted by Gasteiger charge is -2.15. The Morgan fingerprint density at radius 1 is 1.00 bits per heavy atom. The Labute approximate surface area is 234 Å². The Kier molecular flexibility index (Phi) is 7.34. The molecule has 6 nitrogen and oxygen atoms in total. The normalized spacial score (nSPS) is 14.6. The summed E-state index contributed by atoms with van der Waals surface area (Å²) in [7, 11) is 0. The number of imide groups is 1. The molecule has 1 N–H and O–H groups in total. The van der Waals surface area contributed by atoms with E-state index in [4.69, 9.17) is 23.2 Å². The minimum Gasteiger partial charge on any atom is -0.342 e. The number of amides is 3.